The van der Waals surface area contributed by atoms with Crippen LogP contribution in [0.3, 0.4) is 0 Å². The smallest absolute Gasteiger partial charge is 0.313 e. The summed E-state index contributed by atoms with van der Waals surface area (Å²) in [6.45, 7) is 0.692. The van der Waals surface area contributed by atoms with Crippen molar-refractivity contribution in [2.75, 3.05) is 19.0 Å². The summed E-state index contributed by atoms with van der Waals surface area (Å²) in [5.41, 5.74) is -0.0914. The first-order valence-electron chi connectivity index (χ1n) is 6.87. The molecule has 0 spiro atoms. The van der Waals surface area contributed by atoms with Gasteiger partial charge in [0.25, 0.3) is 0 Å². The standard InChI is InChI=1S/C14H19FN2O3/c1-20-14-8-12(11(15)7-13(14)17(18)19)16-9-10-5-3-2-4-6-10/h7-8,10,16H,2-6,9H2,1H3. The van der Waals surface area contributed by atoms with E-state index in [1.807, 2.05) is 0 Å². The van der Waals surface area contributed by atoms with Gasteiger partial charge in [-0.15, -0.1) is 0 Å². The fourth-order valence-electron chi connectivity index (χ4n) is 2.63. The first kappa shape index (κ1) is 14.6. The Hall–Kier alpha value is -1.85. The molecule has 110 valence electrons. The van der Waals surface area contributed by atoms with Gasteiger partial charge in [0.15, 0.2) is 11.6 Å². The molecule has 0 aromatic heterocycles. The summed E-state index contributed by atoms with van der Waals surface area (Å²) in [5, 5.41) is 13.8. The molecule has 1 aromatic carbocycles. The van der Waals surface area contributed by atoms with Crippen molar-refractivity contribution in [3.63, 3.8) is 0 Å². The molecule has 1 N–H and O–H groups in total. The molecule has 1 aliphatic rings. The third-order valence-electron chi connectivity index (χ3n) is 3.77. The lowest BCUT2D eigenvalue weighted by molar-refractivity contribution is -0.385. The van der Waals surface area contributed by atoms with E-state index in [0.29, 0.717) is 12.5 Å². The fraction of sp³-hybridized carbons (Fsp3) is 0.571. The number of nitrogens with zero attached hydrogens (tertiary/aromatic N) is 1. The van der Waals surface area contributed by atoms with Gasteiger partial charge in [-0.25, -0.2) is 4.39 Å². The second-order valence-electron chi connectivity index (χ2n) is 5.15. The number of anilines is 1. The first-order valence-corrected chi connectivity index (χ1v) is 6.87. The minimum atomic E-state index is -0.646. The van der Waals surface area contributed by atoms with Gasteiger partial charge in [-0.2, -0.15) is 0 Å². The summed E-state index contributed by atoms with van der Waals surface area (Å²) < 4.78 is 18.8. The molecule has 1 aromatic rings. The van der Waals surface area contributed by atoms with Crippen LogP contribution in [0.25, 0.3) is 0 Å². The van der Waals surface area contributed by atoms with E-state index in [-0.39, 0.29) is 17.1 Å². The summed E-state index contributed by atoms with van der Waals surface area (Å²) in [4.78, 5) is 10.1. The molecule has 20 heavy (non-hydrogen) atoms. The van der Waals surface area contributed by atoms with Crippen molar-refractivity contribution < 1.29 is 14.1 Å². The maximum atomic E-state index is 13.9. The SMILES string of the molecule is COc1cc(NCC2CCCCC2)c(F)cc1[N+](=O)[O-]. The highest BCUT2D eigenvalue weighted by Crippen LogP contribution is 2.33. The zero-order valence-corrected chi connectivity index (χ0v) is 11.5. The number of hydrogen-bond acceptors (Lipinski definition) is 4. The maximum Gasteiger partial charge on any atom is 0.313 e. The van der Waals surface area contributed by atoms with Crippen LogP contribution in [0.4, 0.5) is 15.8 Å². The number of methoxy groups -OCH3 is 1. The molecule has 2 rings (SSSR count). The Morgan fingerprint density at radius 1 is 1.40 bits per heavy atom. The van der Waals surface area contributed by atoms with Crippen LogP contribution in [-0.4, -0.2) is 18.6 Å². The highest BCUT2D eigenvalue weighted by atomic mass is 19.1. The largest absolute Gasteiger partial charge is 0.490 e. The highest BCUT2D eigenvalue weighted by molar-refractivity contribution is 5.59. The molecule has 0 bridgehead atoms. The van der Waals surface area contributed by atoms with E-state index in [9.17, 15) is 14.5 Å². The van der Waals surface area contributed by atoms with Gasteiger partial charge in [0.1, 0.15) is 0 Å². The Balaban J connectivity index is 2.09. The van der Waals surface area contributed by atoms with E-state index in [4.69, 9.17) is 4.74 Å². The van der Waals surface area contributed by atoms with Crippen molar-refractivity contribution in [1.82, 2.24) is 0 Å². The van der Waals surface area contributed by atoms with Crippen molar-refractivity contribution >= 4 is 11.4 Å². The average molecular weight is 282 g/mol. The molecule has 6 heteroatoms. The van der Waals surface area contributed by atoms with Gasteiger partial charge in [-0.3, -0.25) is 10.1 Å². The van der Waals surface area contributed by atoms with Crippen LogP contribution in [0.15, 0.2) is 12.1 Å². The Labute approximate surface area is 117 Å². The normalized spacial score (nSPS) is 15.9. The molecular weight excluding hydrogens is 263 g/mol. The zero-order chi connectivity index (χ0) is 14.5. The van der Waals surface area contributed by atoms with Gasteiger partial charge >= 0.3 is 5.69 Å². The lowest BCUT2D eigenvalue weighted by atomic mass is 9.89. The molecule has 0 unspecified atom stereocenters. The predicted octanol–water partition coefficient (Wildman–Crippen LogP) is 3.73. The number of hydrogen-bond donors (Lipinski definition) is 1. The van der Waals surface area contributed by atoms with E-state index >= 15 is 0 Å². The maximum absolute atomic E-state index is 13.9. The molecule has 1 aliphatic carbocycles. The van der Waals surface area contributed by atoms with E-state index in [1.54, 1.807) is 0 Å². The van der Waals surface area contributed by atoms with Gasteiger partial charge in [0.05, 0.1) is 23.8 Å². The monoisotopic (exact) mass is 282 g/mol. The predicted molar refractivity (Wildman–Crippen MR) is 74.7 cm³/mol. The van der Waals surface area contributed by atoms with Crippen LogP contribution in [-0.2, 0) is 0 Å². The van der Waals surface area contributed by atoms with Crippen molar-refractivity contribution in [2.24, 2.45) is 5.92 Å². The Morgan fingerprint density at radius 3 is 2.70 bits per heavy atom. The number of nitrogens with one attached hydrogen (secondary N) is 1. The lowest BCUT2D eigenvalue weighted by Crippen LogP contribution is -2.17. The minimum Gasteiger partial charge on any atom is -0.490 e. The summed E-state index contributed by atoms with van der Waals surface area (Å²) in [6, 6.07) is 2.26. The number of nitro groups is 1. The van der Waals surface area contributed by atoms with Crippen molar-refractivity contribution in [2.45, 2.75) is 32.1 Å². The molecule has 0 heterocycles. The first-order chi connectivity index (χ1) is 9.61. The van der Waals surface area contributed by atoms with Crippen LogP contribution in [0.1, 0.15) is 32.1 Å². The van der Waals surface area contributed by atoms with E-state index < -0.39 is 10.7 Å². The van der Waals surface area contributed by atoms with Crippen molar-refractivity contribution in [3.05, 3.63) is 28.1 Å². The number of benzene rings is 1. The number of rotatable bonds is 5. The Kier molecular flexibility index (Phi) is 4.76. The second kappa shape index (κ2) is 6.54. The van der Waals surface area contributed by atoms with Gasteiger partial charge in [0, 0.05) is 12.6 Å². The van der Waals surface area contributed by atoms with E-state index in [2.05, 4.69) is 5.32 Å². The molecule has 0 atom stereocenters. The summed E-state index contributed by atoms with van der Waals surface area (Å²) in [6.07, 6.45) is 6.02. The van der Waals surface area contributed by atoms with E-state index in [0.717, 1.165) is 18.9 Å². The van der Waals surface area contributed by atoms with Crippen molar-refractivity contribution in [3.8, 4) is 5.75 Å². The summed E-state index contributed by atoms with van der Waals surface area (Å²) in [5.74, 6) is 0.000176. The molecular formula is C14H19FN2O3. The average Bonchev–Trinajstić information content (AvgIpc) is 2.46. The third kappa shape index (κ3) is 3.37. The van der Waals surface area contributed by atoms with Gasteiger partial charge in [0.2, 0.25) is 0 Å². The van der Waals surface area contributed by atoms with Crippen LogP contribution in [0.2, 0.25) is 0 Å². The van der Waals surface area contributed by atoms with Crippen LogP contribution >= 0.6 is 0 Å². The van der Waals surface area contributed by atoms with Gasteiger partial charge in [-0.1, -0.05) is 19.3 Å². The fourth-order valence-corrected chi connectivity index (χ4v) is 2.63. The zero-order valence-electron chi connectivity index (χ0n) is 11.5. The molecule has 0 radical (unpaired) electrons. The molecule has 5 nitrogen and oxygen atoms in total. The number of halogens is 1. The molecule has 1 saturated carbocycles. The second-order valence-corrected chi connectivity index (χ2v) is 5.15. The Bertz CT molecular complexity index is 488. The van der Waals surface area contributed by atoms with E-state index in [1.165, 1.54) is 32.4 Å². The highest BCUT2D eigenvalue weighted by Gasteiger charge is 2.20. The molecule has 0 amide bonds. The summed E-state index contributed by atoms with van der Waals surface area (Å²) >= 11 is 0. The number of ether oxygens (including phenoxy) is 1. The molecule has 0 aliphatic heterocycles. The lowest BCUT2D eigenvalue weighted by Gasteiger charge is -2.22. The van der Waals surface area contributed by atoms with Crippen LogP contribution in [0, 0.1) is 21.8 Å². The van der Waals surface area contributed by atoms with Crippen molar-refractivity contribution in [1.29, 1.82) is 0 Å². The Morgan fingerprint density at radius 2 is 2.10 bits per heavy atom. The van der Waals surface area contributed by atoms with Gasteiger partial charge < -0.3 is 10.1 Å². The van der Waals surface area contributed by atoms with Crippen LogP contribution < -0.4 is 10.1 Å². The minimum absolute atomic E-state index is 0.0718. The summed E-state index contributed by atoms with van der Waals surface area (Å²) in [7, 11) is 1.34. The molecule has 0 saturated heterocycles. The quantitative estimate of drug-likeness (QED) is 0.660. The third-order valence-corrected chi connectivity index (χ3v) is 3.77. The van der Waals surface area contributed by atoms with Crippen LogP contribution in [0.5, 0.6) is 5.75 Å². The van der Waals surface area contributed by atoms with Gasteiger partial charge in [-0.05, 0) is 18.8 Å². The molecule has 1 fully saturated rings. The number of nitro benzene ring substituents is 1. The topological polar surface area (TPSA) is 64.4 Å².